The molecule has 0 aliphatic carbocycles. The average Bonchev–Trinajstić information content (AvgIpc) is 2.98. The van der Waals surface area contributed by atoms with Crippen LogP contribution in [0.2, 0.25) is 0 Å². The maximum Gasteiger partial charge on any atom is 0.264 e. The van der Waals surface area contributed by atoms with Crippen LogP contribution in [0.5, 0.6) is 0 Å². The van der Waals surface area contributed by atoms with Crippen molar-refractivity contribution < 1.29 is 33.5 Å². The fourth-order valence-corrected chi connectivity index (χ4v) is 3.18. The van der Waals surface area contributed by atoms with E-state index in [1.165, 1.54) is 6.07 Å². The van der Waals surface area contributed by atoms with Gasteiger partial charge in [0, 0.05) is 6.42 Å². The Morgan fingerprint density at radius 1 is 1.10 bits per heavy atom. The monoisotopic (exact) mass is 415 g/mol. The number of hydrogen-bond donors (Lipinski definition) is 2. The summed E-state index contributed by atoms with van der Waals surface area (Å²) in [4.78, 5) is 55.3. The van der Waals surface area contributed by atoms with Gasteiger partial charge < -0.3 is 9.47 Å². The van der Waals surface area contributed by atoms with Gasteiger partial charge in [0.1, 0.15) is 12.6 Å². The second-order valence-electron chi connectivity index (χ2n) is 6.49. The van der Waals surface area contributed by atoms with Gasteiger partial charge in [-0.25, -0.2) is 0 Å². The lowest BCUT2D eigenvalue weighted by molar-refractivity contribution is -0.136. The number of amides is 4. The van der Waals surface area contributed by atoms with E-state index in [9.17, 15) is 19.2 Å². The van der Waals surface area contributed by atoms with Crippen molar-refractivity contribution in [3.05, 3.63) is 29.3 Å². The number of carbonyl (C=O) groups excluding carboxylic acids is 4. The first-order valence-electron chi connectivity index (χ1n) is 9.36. The van der Waals surface area contributed by atoms with Crippen LogP contribution in [0.15, 0.2) is 18.2 Å². The SMILES string of the molecule is C#CCOCCOCCONc1cccc2c1C(=O)N(C1CCC(=O)NC1=O)C2=O. The first-order chi connectivity index (χ1) is 14.5. The van der Waals surface area contributed by atoms with Crippen molar-refractivity contribution in [3.8, 4) is 12.3 Å². The van der Waals surface area contributed by atoms with Gasteiger partial charge in [-0.1, -0.05) is 12.0 Å². The van der Waals surface area contributed by atoms with Gasteiger partial charge in [-0.2, -0.15) is 0 Å². The fourth-order valence-electron chi connectivity index (χ4n) is 3.18. The molecule has 3 rings (SSSR count). The number of nitrogens with one attached hydrogen (secondary N) is 2. The Kier molecular flexibility index (Phi) is 7.13. The Morgan fingerprint density at radius 3 is 2.63 bits per heavy atom. The Morgan fingerprint density at radius 2 is 1.87 bits per heavy atom. The van der Waals surface area contributed by atoms with Gasteiger partial charge in [-0.3, -0.25) is 39.7 Å². The summed E-state index contributed by atoms with van der Waals surface area (Å²) >= 11 is 0. The summed E-state index contributed by atoms with van der Waals surface area (Å²) < 4.78 is 10.4. The summed E-state index contributed by atoms with van der Waals surface area (Å²) in [5.41, 5.74) is 3.25. The number of ether oxygens (including phenoxy) is 2. The molecule has 2 heterocycles. The molecule has 4 amide bonds. The summed E-state index contributed by atoms with van der Waals surface area (Å²) in [5.74, 6) is 0.0748. The van der Waals surface area contributed by atoms with Crippen LogP contribution >= 0.6 is 0 Å². The molecule has 1 fully saturated rings. The quantitative estimate of drug-likeness (QED) is 0.239. The second kappa shape index (κ2) is 9.98. The predicted octanol–water partition coefficient (Wildman–Crippen LogP) is 0.0977. The minimum absolute atomic E-state index is 0.0613. The molecule has 10 nitrogen and oxygen atoms in total. The summed E-state index contributed by atoms with van der Waals surface area (Å²) in [5, 5.41) is 2.16. The Balaban J connectivity index is 1.57. The first-order valence-corrected chi connectivity index (χ1v) is 9.36. The molecule has 0 aromatic heterocycles. The first kappa shape index (κ1) is 21.4. The van der Waals surface area contributed by atoms with E-state index in [4.69, 9.17) is 20.7 Å². The van der Waals surface area contributed by atoms with Crippen LogP contribution in [0.4, 0.5) is 5.69 Å². The number of rotatable bonds is 10. The Hall–Kier alpha value is -3.26. The zero-order valence-corrected chi connectivity index (χ0v) is 16.1. The normalized spacial score (nSPS) is 18.2. The van der Waals surface area contributed by atoms with Crippen molar-refractivity contribution in [2.24, 2.45) is 0 Å². The average molecular weight is 415 g/mol. The summed E-state index contributed by atoms with van der Waals surface area (Å²) in [6, 6.07) is 3.68. The van der Waals surface area contributed by atoms with Gasteiger partial charge >= 0.3 is 0 Å². The molecule has 0 saturated carbocycles. The van der Waals surface area contributed by atoms with Crippen molar-refractivity contribution in [3.63, 3.8) is 0 Å². The van der Waals surface area contributed by atoms with Crippen LogP contribution in [-0.2, 0) is 23.9 Å². The molecule has 158 valence electrons. The van der Waals surface area contributed by atoms with Crippen LogP contribution in [0.3, 0.4) is 0 Å². The third-order valence-electron chi connectivity index (χ3n) is 4.54. The van der Waals surface area contributed by atoms with Crippen molar-refractivity contribution in [1.29, 1.82) is 0 Å². The van der Waals surface area contributed by atoms with Crippen LogP contribution in [0, 0.1) is 12.3 Å². The topological polar surface area (TPSA) is 123 Å². The van der Waals surface area contributed by atoms with E-state index in [0.717, 1.165) is 4.90 Å². The molecule has 1 aromatic rings. The number of carbonyl (C=O) groups is 4. The smallest absolute Gasteiger partial charge is 0.264 e. The highest BCUT2D eigenvalue weighted by Crippen LogP contribution is 2.32. The van der Waals surface area contributed by atoms with E-state index in [2.05, 4.69) is 16.7 Å². The maximum atomic E-state index is 12.9. The predicted molar refractivity (Wildman–Crippen MR) is 103 cm³/mol. The van der Waals surface area contributed by atoms with E-state index in [1.807, 2.05) is 0 Å². The van der Waals surface area contributed by atoms with Crippen LogP contribution in [0.25, 0.3) is 0 Å². The van der Waals surface area contributed by atoms with Crippen LogP contribution in [-0.4, -0.2) is 67.6 Å². The van der Waals surface area contributed by atoms with Crippen molar-refractivity contribution in [2.45, 2.75) is 18.9 Å². The lowest BCUT2D eigenvalue weighted by atomic mass is 10.0. The molecule has 2 N–H and O–H groups in total. The van der Waals surface area contributed by atoms with Crippen molar-refractivity contribution in [1.82, 2.24) is 10.2 Å². The highest BCUT2D eigenvalue weighted by atomic mass is 16.7. The minimum Gasteiger partial charge on any atom is -0.377 e. The van der Waals surface area contributed by atoms with Gasteiger partial charge in [-0.15, -0.1) is 6.42 Å². The highest BCUT2D eigenvalue weighted by Gasteiger charge is 2.45. The number of benzene rings is 1. The Bertz CT molecular complexity index is 893. The largest absolute Gasteiger partial charge is 0.377 e. The number of anilines is 1. The maximum absolute atomic E-state index is 12.9. The minimum atomic E-state index is -1.02. The van der Waals surface area contributed by atoms with Crippen LogP contribution in [0.1, 0.15) is 33.6 Å². The van der Waals surface area contributed by atoms with E-state index >= 15 is 0 Å². The zero-order chi connectivity index (χ0) is 21.5. The number of imide groups is 2. The van der Waals surface area contributed by atoms with E-state index in [0.29, 0.717) is 18.9 Å². The van der Waals surface area contributed by atoms with E-state index in [-0.39, 0.29) is 43.8 Å². The van der Waals surface area contributed by atoms with Crippen LogP contribution < -0.4 is 10.8 Å². The highest BCUT2D eigenvalue weighted by molar-refractivity contribution is 6.25. The molecule has 1 unspecified atom stereocenters. The fraction of sp³-hybridized carbons (Fsp3) is 0.400. The van der Waals surface area contributed by atoms with E-state index in [1.54, 1.807) is 12.1 Å². The number of piperidine rings is 1. The molecule has 1 saturated heterocycles. The molecule has 10 heteroatoms. The third kappa shape index (κ3) is 4.65. The standard InChI is InChI=1S/C20H21N3O7/c1-2-8-28-9-10-29-11-12-30-22-14-5-3-4-13-17(14)20(27)23(19(13)26)15-6-7-16(24)21-18(15)25/h1,3-5,15,22H,6-12H2,(H,21,24,25). The number of fused-ring (bicyclic) bond motifs is 1. The lowest BCUT2D eigenvalue weighted by Crippen LogP contribution is -2.54. The summed E-state index contributed by atoms with van der Waals surface area (Å²) in [6.45, 7) is 1.41. The molecule has 2 aliphatic rings. The molecule has 30 heavy (non-hydrogen) atoms. The van der Waals surface area contributed by atoms with Gasteiger partial charge in [0.2, 0.25) is 11.8 Å². The van der Waals surface area contributed by atoms with Gasteiger partial charge in [0.05, 0.1) is 43.2 Å². The Labute approximate surface area is 172 Å². The molecular weight excluding hydrogens is 394 g/mol. The zero-order valence-electron chi connectivity index (χ0n) is 16.1. The van der Waals surface area contributed by atoms with Crippen molar-refractivity contribution in [2.75, 3.05) is 38.5 Å². The molecule has 1 aromatic carbocycles. The summed E-state index contributed by atoms with van der Waals surface area (Å²) in [7, 11) is 0. The summed E-state index contributed by atoms with van der Waals surface area (Å²) in [6.07, 6.45) is 5.22. The molecule has 1 atom stereocenters. The molecular formula is C20H21N3O7. The molecule has 0 radical (unpaired) electrons. The lowest BCUT2D eigenvalue weighted by Gasteiger charge is -2.27. The number of terminal acetylenes is 1. The van der Waals surface area contributed by atoms with Gasteiger partial charge in [-0.05, 0) is 18.6 Å². The number of nitrogens with zero attached hydrogens (tertiary/aromatic N) is 1. The van der Waals surface area contributed by atoms with Gasteiger partial charge in [0.25, 0.3) is 11.8 Å². The second-order valence-corrected chi connectivity index (χ2v) is 6.49. The molecule has 2 aliphatic heterocycles. The molecule has 0 spiro atoms. The molecule has 0 bridgehead atoms. The van der Waals surface area contributed by atoms with Gasteiger partial charge in [0.15, 0.2) is 0 Å². The van der Waals surface area contributed by atoms with E-state index < -0.39 is 29.7 Å². The third-order valence-corrected chi connectivity index (χ3v) is 4.54. The van der Waals surface area contributed by atoms with Crippen molar-refractivity contribution >= 4 is 29.3 Å². The number of hydrogen-bond acceptors (Lipinski definition) is 8.